The lowest BCUT2D eigenvalue weighted by atomic mass is 9.65. The number of non-ortho nitro benzene ring substituents is 1. The largest absolute Gasteiger partial charge is 0.508 e. The molecule has 2 N–H and O–H groups in total. The zero-order chi connectivity index (χ0) is 50.9. The van der Waals surface area contributed by atoms with E-state index in [1.165, 1.54) is 36.4 Å². The van der Waals surface area contributed by atoms with Crippen molar-refractivity contribution in [2.45, 2.75) is 61.9 Å². The van der Waals surface area contributed by atoms with Crippen molar-refractivity contribution < 1.29 is 43.4 Å². The molecular formula is C59H51N5O10. The minimum absolute atomic E-state index is 0.0591. The summed E-state index contributed by atoms with van der Waals surface area (Å²) in [5.74, 6) is 2.70. The second-order valence-corrected chi connectivity index (χ2v) is 19.1. The van der Waals surface area contributed by atoms with Crippen molar-refractivity contribution in [1.29, 1.82) is 0 Å². The van der Waals surface area contributed by atoms with Gasteiger partial charge in [0.15, 0.2) is 0 Å². The van der Waals surface area contributed by atoms with Crippen molar-refractivity contribution >= 4 is 46.6 Å². The molecule has 0 saturated carbocycles. The number of nitrogens with zero attached hydrogens (tertiary/aromatic N) is 4. The summed E-state index contributed by atoms with van der Waals surface area (Å²) < 4.78 is 18.1. The highest BCUT2D eigenvalue weighted by molar-refractivity contribution is 6.24. The number of carbonyl (C=O) groups is 4. The molecule has 0 radical (unpaired) electrons. The first-order chi connectivity index (χ1) is 36.1. The Morgan fingerprint density at radius 1 is 0.797 bits per heavy atom. The third kappa shape index (κ3) is 8.71. The molecule has 5 aliphatic rings. The summed E-state index contributed by atoms with van der Waals surface area (Å²) in [6.45, 7) is 2.19. The van der Waals surface area contributed by atoms with Gasteiger partial charge in [-0.15, -0.1) is 0 Å². The Labute approximate surface area is 427 Å². The van der Waals surface area contributed by atoms with Gasteiger partial charge in [-0.1, -0.05) is 90.7 Å². The number of nitrogens with one attached hydrogen (secondary N) is 1. The van der Waals surface area contributed by atoms with Crippen LogP contribution in [0.15, 0.2) is 163 Å². The fraction of sp³-hybridized carbons (Fsp3) is 0.254. The van der Waals surface area contributed by atoms with Crippen molar-refractivity contribution in [3.05, 3.63) is 207 Å². The topological polar surface area (TPSA) is 181 Å². The predicted molar refractivity (Wildman–Crippen MR) is 275 cm³/mol. The number of nitro groups is 1. The van der Waals surface area contributed by atoms with Gasteiger partial charge in [0.2, 0.25) is 11.8 Å². The van der Waals surface area contributed by atoms with Gasteiger partial charge in [-0.05, 0) is 126 Å². The number of rotatable bonds is 9. The molecule has 0 aromatic heterocycles. The van der Waals surface area contributed by atoms with Gasteiger partial charge < -0.3 is 29.5 Å². The van der Waals surface area contributed by atoms with Gasteiger partial charge in [0.1, 0.15) is 29.9 Å². The van der Waals surface area contributed by atoms with Gasteiger partial charge in [0.05, 0.1) is 41.8 Å². The lowest BCUT2D eigenvalue weighted by Crippen LogP contribution is -2.54. The molecule has 0 bridgehead atoms. The van der Waals surface area contributed by atoms with Crippen LogP contribution in [0.25, 0.3) is 0 Å². The molecule has 74 heavy (non-hydrogen) atoms. The van der Waals surface area contributed by atoms with Crippen LogP contribution in [0.3, 0.4) is 0 Å². The number of allylic oxidation sites excluding steroid dienone is 2. The average Bonchev–Trinajstić information content (AvgIpc) is 3.90. The number of cyclic esters (lactones) is 1. The van der Waals surface area contributed by atoms with Crippen LogP contribution in [0, 0.1) is 27.9 Å². The summed E-state index contributed by atoms with van der Waals surface area (Å²) >= 11 is 0. The van der Waals surface area contributed by atoms with Gasteiger partial charge in [-0.2, -0.15) is 0 Å². The van der Waals surface area contributed by atoms with E-state index in [4.69, 9.17) is 14.2 Å². The number of nitro benzene ring substituents is 1. The molecule has 15 nitrogen and oxygen atoms in total. The molecule has 4 aliphatic heterocycles. The van der Waals surface area contributed by atoms with E-state index in [0.717, 1.165) is 47.4 Å². The maximum Gasteiger partial charge on any atom is 0.421 e. The summed E-state index contributed by atoms with van der Waals surface area (Å²) in [4.78, 5) is 79.1. The van der Waals surface area contributed by atoms with E-state index in [1.807, 2.05) is 77.7 Å². The lowest BCUT2D eigenvalue weighted by Gasteiger charge is -2.46. The molecule has 6 atom stereocenters. The standard InChI is InChI=1S/C59H51N5O10/c65-47-29-21-43(22-30-47)54-59(48-36-39(17-16-38-10-4-1-5-11-38)20-31-49(48)62(57(59)68)58(69)73-37-40-18-25-46(26-19-40)64(70)71)50(55(66)60-44-23-27-45(28-24-44)61-32-34-72-35-33-61)52-56(67)74-53(42-14-8-3-9-15-42)51(63(52)54)41-12-6-2-7-13-41/h2-3,6-10,12-15,18-31,36,50-54,65H,1,4-5,11,32-35,37H2,(H,60,66)/t50-,51-,52-,53+,54+,59-/m1/s1. The highest BCUT2D eigenvalue weighted by Crippen LogP contribution is 2.66. The maximum absolute atomic E-state index is 16.6. The van der Waals surface area contributed by atoms with Gasteiger partial charge in [0, 0.05) is 42.2 Å². The molecule has 1 aliphatic carbocycles. The fourth-order valence-electron chi connectivity index (χ4n) is 11.4. The summed E-state index contributed by atoms with van der Waals surface area (Å²) in [7, 11) is 0. The summed E-state index contributed by atoms with van der Waals surface area (Å²) in [6, 6.07) is 39.5. The first kappa shape index (κ1) is 47.7. The van der Waals surface area contributed by atoms with Crippen LogP contribution < -0.4 is 15.1 Å². The number of morpholine rings is 2. The molecule has 3 amide bonds. The predicted octanol–water partition coefficient (Wildman–Crippen LogP) is 9.63. The van der Waals surface area contributed by atoms with Crippen LogP contribution in [-0.2, 0) is 40.6 Å². The quantitative estimate of drug-likeness (QED) is 0.0607. The van der Waals surface area contributed by atoms with E-state index >= 15 is 14.4 Å². The number of esters is 1. The third-order valence-electron chi connectivity index (χ3n) is 14.8. The van der Waals surface area contributed by atoms with Crippen LogP contribution in [0.4, 0.5) is 27.5 Å². The number of benzene rings is 6. The van der Waals surface area contributed by atoms with Crippen molar-refractivity contribution in [1.82, 2.24) is 4.90 Å². The summed E-state index contributed by atoms with van der Waals surface area (Å²) in [5.41, 5.74) is 3.20. The Hall–Kier alpha value is -8.58. The molecule has 6 aromatic carbocycles. The van der Waals surface area contributed by atoms with E-state index < -0.39 is 64.4 Å². The number of phenolic OH excluding ortho intramolecular Hbond substituents is 1. The molecule has 6 aromatic rings. The maximum atomic E-state index is 16.6. The number of aromatic hydroxyl groups is 1. The van der Waals surface area contributed by atoms with Crippen molar-refractivity contribution in [2.24, 2.45) is 5.92 Å². The Balaban J connectivity index is 1.13. The van der Waals surface area contributed by atoms with E-state index in [2.05, 4.69) is 28.1 Å². The van der Waals surface area contributed by atoms with Crippen LogP contribution in [0.5, 0.6) is 5.75 Å². The van der Waals surface area contributed by atoms with Gasteiger partial charge in [-0.25, -0.2) is 9.69 Å². The van der Waals surface area contributed by atoms with E-state index in [-0.39, 0.29) is 29.3 Å². The second kappa shape index (κ2) is 20.1. The number of carbonyl (C=O) groups excluding carboxylic acids is 4. The number of phenols is 1. The monoisotopic (exact) mass is 989 g/mol. The van der Waals surface area contributed by atoms with E-state index in [0.29, 0.717) is 54.2 Å². The number of imide groups is 1. The Morgan fingerprint density at radius 2 is 1.50 bits per heavy atom. The Morgan fingerprint density at radius 3 is 2.18 bits per heavy atom. The average molecular weight is 990 g/mol. The van der Waals surface area contributed by atoms with Crippen LogP contribution in [-0.4, -0.2) is 71.2 Å². The number of amides is 3. The van der Waals surface area contributed by atoms with Gasteiger partial charge in [0.25, 0.3) is 5.69 Å². The number of fused-ring (bicyclic) bond motifs is 3. The van der Waals surface area contributed by atoms with Crippen LogP contribution in [0.1, 0.15) is 77.3 Å². The van der Waals surface area contributed by atoms with Crippen LogP contribution in [0.2, 0.25) is 0 Å². The normalized spacial score (nSPS) is 23.2. The third-order valence-corrected chi connectivity index (χ3v) is 14.8. The zero-order valence-electron chi connectivity index (χ0n) is 40.2. The smallest absolute Gasteiger partial charge is 0.421 e. The molecule has 3 fully saturated rings. The van der Waals surface area contributed by atoms with Gasteiger partial charge >= 0.3 is 12.1 Å². The zero-order valence-corrected chi connectivity index (χ0v) is 40.2. The van der Waals surface area contributed by atoms with E-state index in [1.54, 1.807) is 42.5 Å². The minimum atomic E-state index is -2.11. The molecule has 1 spiro atoms. The van der Waals surface area contributed by atoms with E-state index in [9.17, 15) is 20.0 Å². The number of ether oxygens (including phenoxy) is 3. The summed E-state index contributed by atoms with van der Waals surface area (Å²) in [6.07, 6.45) is 3.89. The first-order valence-electron chi connectivity index (χ1n) is 24.8. The molecule has 3 saturated heterocycles. The molecule has 15 heteroatoms. The highest BCUT2D eigenvalue weighted by atomic mass is 16.6. The highest BCUT2D eigenvalue weighted by Gasteiger charge is 2.76. The van der Waals surface area contributed by atoms with Crippen molar-refractivity contribution in [3.63, 3.8) is 0 Å². The Bertz CT molecular complexity index is 3220. The molecule has 372 valence electrons. The molecule has 11 rings (SSSR count). The number of anilines is 3. The first-order valence-corrected chi connectivity index (χ1v) is 24.8. The number of hydrogen-bond acceptors (Lipinski definition) is 12. The van der Waals surface area contributed by atoms with Crippen molar-refractivity contribution in [2.75, 3.05) is 41.4 Å². The molecular weight excluding hydrogens is 939 g/mol. The fourth-order valence-corrected chi connectivity index (χ4v) is 11.4. The minimum Gasteiger partial charge on any atom is -0.508 e. The van der Waals surface area contributed by atoms with Crippen LogP contribution >= 0.6 is 0 Å². The van der Waals surface area contributed by atoms with Crippen molar-refractivity contribution in [3.8, 4) is 17.6 Å². The molecule has 0 unspecified atom stereocenters. The lowest BCUT2D eigenvalue weighted by molar-refractivity contribution is -0.384. The SMILES string of the molecule is O=C1O[C@@H](c2ccccc2)[C@@H](c2ccccc2)N2[C@@H](c3ccc(O)cc3)[C@]3(C(=O)N(C(=O)OCc4ccc([N+](=O)[O-])cc4)c4ccc(C#CC5=CCCCC5)cc43)[C@@H](C(=O)Nc3ccc(N4CCOCC4)cc3)[C@H]12. The molecule has 4 heterocycles. The second-order valence-electron chi connectivity index (χ2n) is 19.1. The number of hydrogen-bond donors (Lipinski definition) is 2. The Kier molecular flexibility index (Phi) is 13.0. The summed E-state index contributed by atoms with van der Waals surface area (Å²) in [5, 5.41) is 25.4. The van der Waals surface area contributed by atoms with Gasteiger partial charge in [-0.3, -0.25) is 29.4 Å².